The van der Waals surface area contributed by atoms with E-state index in [4.69, 9.17) is 11.6 Å². The summed E-state index contributed by atoms with van der Waals surface area (Å²) < 4.78 is 0. The Kier molecular flexibility index (Phi) is 5.77. The molecule has 0 fully saturated rings. The highest BCUT2D eigenvalue weighted by atomic mass is 35.5. The van der Waals surface area contributed by atoms with Crippen molar-refractivity contribution in [3.05, 3.63) is 69.7 Å². The standard InChI is InChI=1S/C18H19ClN2O2/c1-12-6-13(2)8-15(7-12)18(23)21-11-17(22)20-10-14-4-3-5-16(19)9-14/h3-9H,10-11H2,1-2H3,(H,20,22)(H,21,23). The van der Waals surface area contributed by atoms with Crippen molar-refractivity contribution in [1.82, 2.24) is 10.6 Å². The van der Waals surface area contributed by atoms with E-state index in [1.54, 1.807) is 24.3 Å². The first-order valence-electron chi connectivity index (χ1n) is 7.31. The van der Waals surface area contributed by atoms with Crippen molar-refractivity contribution >= 4 is 23.4 Å². The van der Waals surface area contributed by atoms with Crippen molar-refractivity contribution in [3.63, 3.8) is 0 Å². The highest BCUT2D eigenvalue weighted by molar-refractivity contribution is 6.30. The molecule has 2 aromatic rings. The summed E-state index contributed by atoms with van der Waals surface area (Å²) in [5.41, 5.74) is 3.50. The van der Waals surface area contributed by atoms with Crippen LogP contribution in [0.4, 0.5) is 0 Å². The van der Waals surface area contributed by atoms with Gasteiger partial charge in [-0.1, -0.05) is 40.9 Å². The fraction of sp³-hybridized carbons (Fsp3) is 0.222. The predicted molar refractivity (Wildman–Crippen MR) is 91.5 cm³/mol. The van der Waals surface area contributed by atoms with Gasteiger partial charge in [-0.15, -0.1) is 0 Å². The van der Waals surface area contributed by atoms with E-state index in [0.717, 1.165) is 16.7 Å². The van der Waals surface area contributed by atoms with Gasteiger partial charge in [-0.2, -0.15) is 0 Å². The second kappa shape index (κ2) is 7.79. The number of aryl methyl sites for hydroxylation is 2. The minimum absolute atomic E-state index is 0.0631. The molecule has 0 bridgehead atoms. The Morgan fingerprint density at radius 2 is 1.70 bits per heavy atom. The smallest absolute Gasteiger partial charge is 0.251 e. The molecule has 5 heteroatoms. The molecule has 4 nitrogen and oxygen atoms in total. The Morgan fingerprint density at radius 3 is 2.35 bits per heavy atom. The Balaban J connectivity index is 1.83. The molecule has 0 aliphatic rings. The van der Waals surface area contributed by atoms with Crippen molar-refractivity contribution < 1.29 is 9.59 Å². The molecule has 120 valence electrons. The number of rotatable bonds is 5. The van der Waals surface area contributed by atoms with Gasteiger partial charge in [-0.05, 0) is 43.7 Å². The average Bonchev–Trinajstić information content (AvgIpc) is 2.49. The van der Waals surface area contributed by atoms with E-state index in [2.05, 4.69) is 10.6 Å². The van der Waals surface area contributed by atoms with Gasteiger partial charge in [0.2, 0.25) is 5.91 Å². The molecule has 2 aromatic carbocycles. The molecule has 0 spiro atoms. The second-order valence-electron chi connectivity index (χ2n) is 5.47. The van der Waals surface area contributed by atoms with Crippen LogP contribution in [0.1, 0.15) is 27.0 Å². The minimum Gasteiger partial charge on any atom is -0.350 e. The third-order valence-corrected chi connectivity index (χ3v) is 3.51. The number of hydrogen-bond acceptors (Lipinski definition) is 2. The van der Waals surface area contributed by atoms with Gasteiger partial charge in [0.25, 0.3) is 5.91 Å². The van der Waals surface area contributed by atoms with E-state index in [1.165, 1.54) is 0 Å². The fourth-order valence-electron chi connectivity index (χ4n) is 2.28. The zero-order chi connectivity index (χ0) is 16.8. The normalized spacial score (nSPS) is 10.2. The van der Waals surface area contributed by atoms with Crippen LogP contribution in [0.3, 0.4) is 0 Å². The molecule has 0 unspecified atom stereocenters. The van der Waals surface area contributed by atoms with Crippen molar-refractivity contribution in [2.24, 2.45) is 0 Å². The number of halogens is 1. The van der Waals surface area contributed by atoms with E-state index in [0.29, 0.717) is 17.1 Å². The largest absolute Gasteiger partial charge is 0.350 e. The van der Waals surface area contributed by atoms with Crippen molar-refractivity contribution in [2.75, 3.05) is 6.54 Å². The SMILES string of the molecule is Cc1cc(C)cc(C(=O)NCC(=O)NCc2cccc(Cl)c2)c1. The van der Waals surface area contributed by atoms with Crippen molar-refractivity contribution in [1.29, 1.82) is 0 Å². The third kappa shape index (κ3) is 5.42. The van der Waals surface area contributed by atoms with E-state index in [-0.39, 0.29) is 18.4 Å². The number of carbonyl (C=O) groups is 2. The summed E-state index contributed by atoms with van der Waals surface area (Å²) in [5, 5.41) is 5.99. The van der Waals surface area contributed by atoms with Crippen molar-refractivity contribution in [2.45, 2.75) is 20.4 Å². The average molecular weight is 331 g/mol. The molecular formula is C18H19ClN2O2. The number of hydrogen-bond donors (Lipinski definition) is 2. The first-order valence-corrected chi connectivity index (χ1v) is 7.69. The number of nitrogens with one attached hydrogen (secondary N) is 2. The van der Waals surface area contributed by atoms with Gasteiger partial charge in [-0.25, -0.2) is 0 Å². The van der Waals surface area contributed by atoms with Crippen LogP contribution in [0.15, 0.2) is 42.5 Å². The van der Waals surface area contributed by atoms with E-state index in [1.807, 2.05) is 32.0 Å². The summed E-state index contributed by atoms with van der Waals surface area (Å²) in [5.74, 6) is -0.502. The molecule has 0 saturated heterocycles. The van der Waals surface area contributed by atoms with Crippen LogP contribution in [0.2, 0.25) is 5.02 Å². The van der Waals surface area contributed by atoms with Crippen LogP contribution in [0.5, 0.6) is 0 Å². The first kappa shape index (κ1) is 17.0. The van der Waals surface area contributed by atoms with Crippen molar-refractivity contribution in [3.8, 4) is 0 Å². The van der Waals surface area contributed by atoms with Crippen LogP contribution in [0, 0.1) is 13.8 Å². The van der Waals surface area contributed by atoms with Crippen LogP contribution in [0.25, 0.3) is 0 Å². The molecular weight excluding hydrogens is 312 g/mol. The van der Waals surface area contributed by atoms with Gasteiger partial charge >= 0.3 is 0 Å². The van der Waals surface area contributed by atoms with E-state index < -0.39 is 0 Å². The molecule has 0 atom stereocenters. The van der Waals surface area contributed by atoms with Gasteiger partial charge in [-0.3, -0.25) is 9.59 Å². The van der Waals surface area contributed by atoms with Gasteiger partial charge in [0.15, 0.2) is 0 Å². The number of carbonyl (C=O) groups excluding carboxylic acids is 2. The number of benzene rings is 2. The molecule has 0 aliphatic heterocycles. The minimum atomic E-state index is -0.255. The summed E-state index contributed by atoms with van der Waals surface area (Å²) in [7, 11) is 0. The highest BCUT2D eigenvalue weighted by Gasteiger charge is 2.09. The molecule has 0 saturated carbocycles. The molecule has 0 aliphatic carbocycles. The van der Waals surface area contributed by atoms with Crippen LogP contribution in [-0.2, 0) is 11.3 Å². The molecule has 0 aromatic heterocycles. The lowest BCUT2D eigenvalue weighted by Crippen LogP contribution is -2.36. The third-order valence-electron chi connectivity index (χ3n) is 3.27. The van der Waals surface area contributed by atoms with E-state index >= 15 is 0 Å². The lowest BCUT2D eigenvalue weighted by Gasteiger charge is -2.08. The maximum absolute atomic E-state index is 12.1. The van der Waals surface area contributed by atoms with Gasteiger partial charge in [0.1, 0.15) is 0 Å². The molecule has 2 rings (SSSR count). The molecule has 2 amide bonds. The maximum atomic E-state index is 12.1. The Morgan fingerprint density at radius 1 is 1.00 bits per heavy atom. The van der Waals surface area contributed by atoms with Gasteiger partial charge in [0.05, 0.1) is 6.54 Å². The molecule has 23 heavy (non-hydrogen) atoms. The molecule has 0 heterocycles. The number of amides is 2. The topological polar surface area (TPSA) is 58.2 Å². The highest BCUT2D eigenvalue weighted by Crippen LogP contribution is 2.10. The van der Waals surface area contributed by atoms with Crippen LogP contribution in [-0.4, -0.2) is 18.4 Å². The van der Waals surface area contributed by atoms with Crippen LogP contribution < -0.4 is 10.6 Å². The zero-order valence-corrected chi connectivity index (χ0v) is 13.9. The first-order chi connectivity index (χ1) is 10.9. The monoisotopic (exact) mass is 330 g/mol. The lowest BCUT2D eigenvalue weighted by atomic mass is 10.1. The molecule has 0 radical (unpaired) electrons. The summed E-state index contributed by atoms with van der Waals surface area (Å²) in [4.78, 5) is 23.9. The lowest BCUT2D eigenvalue weighted by molar-refractivity contribution is -0.120. The second-order valence-corrected chi connectivity index (χ2v) is 5.90. The van der Waals surface area contributed by atoms with Crippen LogP contribution >= 0.6 is 11.6 Å². The molecule has 2 N–H and O–H groups in total. The fourth-order valence-corrected chi connectivity index (χ4v) is 2.49. The Hall–Kier alpha value is -2.33. The Bertz CT molecular complexity index is 708. The zero-order valence-electron chi connectivity index (χ0n) is 13.2. The summed E-state index contributed by atoms with van der Waals surface area (Å²) in [6.45, 7) is 4.17. The Labute approximate surface area is 140 Å². The summed E-state index contributed by atoms with van der Waals surface area (Å²) >= 11 is 5.89. The summed E-state index contributed by atoms with van der Waals surface area (Å²) in [6.07, 6.45) is 0. The summed E-state index contributed by atoms with van der Waals surface area (Å²) in [6, 6.07) is 12.9. The van der Waals surface area contributed by atoms with Gasteiger partial charge in [0, 0.05) is 17.1 Å². The maximum Gasteiger partial charge on any atom is 0.251 e. The quantitative estimate of drug-likeness (QED) is 0.885. The van der Waals surface area contributed by atoms with Gasteiger partial charge < -0.3 is 10.6 Å². The van der Waals surface area contributed by atoms with E-state index in [9.17, 15) is 9.59 Å². The predicted octanol–water partition coefficient (Wildman–Crippen LogP) is 3.00.